The number of hydrogen-bond acceptors (Lipinski definition) is 4. The SMILES string of the molecule is CCS(=O)(=O)c1cc(Br)cnc1C(=O)CBr. The number of sulfone groups is 1. The molecule has 7 heteroatoms. The summed E-state index contributed by atoms with van der Waals surface area (Å²) in [5.41, 5.74) is -0.0121. The van der Waals surface area contributed by atoms with Crippen LogP contribution in [0.3, 0.4) is 0 Å². The number of Topliss-reactive ketones (excluding diaryl/α,β-unsaturated/α-hetero) is 1. The second-order valence-corrected chi connectivity index (χ2v) is 6.68. The van der Waals surface area contributed by atoms with E-state index in [1.807, 2.05) is 0 Å². The van der Waals surface area contributed by atoms with Crippen molar-refractivity contribution in [2.45, 2.75) is 11.8 Å². The topological polar surface area (TPSA) is 64.1 Å². The lowest BCUT2D eigenvalue weighted by Crippen LogP contribution is -2.13. The van der Waals surface area contributed by atoms with Gasteiger partial charge in [0, 0.05) is 10.7 Å². The van der Waals surface area contributed by atoms with Gasteiger partial charge < -0.3 is 0 Å². The summed E-state index contributed by atoms with van der Waals surface area (Å²) < 4.78 is 24.1. The normalized spacial score (nSPS) is 11.4. The molecule has 0 atom stereocenters. The van der Waals surface area contributed by atoms with Gasteiger partial charge in [-0.15, -0.1) is 0 Å². The van der Waals surface area contributed by atoms with Crippen LogP contribution in [0.5, 0.6) is 0 Å². The summed E-state index contributed by atoms with van der Waals surface area (Å²) in [6.07, 6.45) is 1.41. The Morgan fingerprint density at radius 1 is 1.50 bits per heavy atom. The van der Waals surface area contributed by atoms with E-state index in [-0.39, 0.29) is 27.5 Å². The van der Waals surface area contributed by atoms with E-state index in [1.54, 1.807) is 0 Å². The molecule has 0 aromatic carbocycles. The van der Waals surface area contributed by atoms with Crippen molar-refractivity contribution in [2.24, 2.45) is 0 Å². The number of halogens is 2. The van der Waals surface area contributed by atoms with Gasteiger partial charge in [0.1, 0.15) is 5.69 Å². The van der Waals surface area contributed by atoms with E-state index in [1.165, 1.54) is 19.2 Å². The summed E-state index contributed by atoms with van der Waals surface area (Å²) in [6.45, 7) is 1.53. The van der Waals surface area contributed by atoms with Crippen LogP contribution < -0.4 is 0 Å². The fourth-order valence-electron chi connectivity index (χ4n) is 1.09. The van der Waals surface area contributed by atoms with Gasteiger partial charge in [0.25, 0.3) is 0 Å². The summed E-state index contributed by atoms with van der Waals surface area (Å²) in [7, 11) is -3.44. The van der Waals surface area contributed by atoms with Crippen molar-refractivity contribution in [1.82, 2.24) is 4.98 Å². The molecule has 0 unspecified atom stereocenters. The molecule has 4 nitrogen and oxygen atoms in total. The van der Waals surface area contributed by atoms with Crippen LogP contribution in [0.2, 0.25) is 0 Å². The third-order valence-electron chi connectivity index (χ3n) is 1.92. The van der Waals surface area contributed by atoms with Crippen molar-refractivity contribution in [2.75, 3.05) is 11.1 Å². The highest BCUT2D eigenvalue weighted by Crippen LogP contribution is 2.21. The highest BCUT2D eigenvalue weighted by molar-refractivity contribution is 9.10. The second-order valence-electron chi connectivity index (χ2n) is 2.96. The minimum Gasteiger partial charge on any atom is -0.291 e. The van der Waals surface area contributed by atoms with E-state index in [2.05, 4.69) is 36.8 Å². The molecule has 0 aliphatic heterocycles. The minimum absolute atomic E-state index is 0.0121. The Morgan fingerprint density at radius 3 is 2.62 bits per heavy atom. The fourth-order valence-corrected chi connectivity index (χ4v) is 2.91. The largest absolute Gasteiger partial charge is 0.291 e. The summed E-state index contributed by atoms with van der Waals surface area (Å²) in [4.78, 5) is 15.4. The fraction of sp³-hybridized carbons (Fsp3) is 0.333. The monoisotopic (exact) mass is 369 g/mol. The average molecular weight is 371 g/mol. The Labute approximate surface area is 111 Å². The molecule has 0 radical (unpaired) electrons. The molecular weight excluding hydrogens is 362 g/mol. The van der Waals surface area contributed by atoms with Gasteiger partial charge in [-0.3, -0.25) is 9.78 Å². The summed E-state index contributed by atoms with van der Waals surface area (Å²) in [6, 6.07) is 1.40. The number of alkyl halides is 1. The lowest BCUT2D eigenvalue weighted by Gasteiger charge is -2.06. The number of hydrogen-bond donors (Lipinski definition) is 0. The van der Waals surface area contributed by atoms with Crippen LogP contribution in [0.25, 0.3) is 0 Å². The van der Waals surface area contributed by atoms with Gasteiger partial charge in [-0.2, -0.15) is 0 Å². The first-order valence-corrected chi connectivity index (χ1v) is 7.96. The Morgan fingerprint density at radius 2 is 2.12 bits per heavy atom. The number of aromatic nitrogens is 1. The molecule has 0 fully saturated rings. The zero-order chi connectivity index (χ0) is 12.3. The second kappa shape index (κ2) is 5.37. The number of nitrogens with zero attached hydrogens (tertiary/aromatic N) is 1. The quantitative estimate of drug-likeness (QED) is 0.602. The third kappa shape index (κ3) is 2.89. The Kier molecular flexibility index (Phi) is 4.63. The molecule has 0 bridgehead atoms. The van der Waals surface area contributed by atoms with Crippen LogP contribution in [0.15, 0.2) is 21.6 Å². The predicted molar refractivity (Wildman–Crippen MR) is 67.8 cm³/mol. The maximum atomic E-state index is 11.8. The lowest BCUT2D eigenvalue weighted by atomic mass is 10.3. The van der Waals surface area contributed by atoms with Crippen LogP contribution >= 0.6 is 31.9 Å². The molecule has 0 aliphatic carbocycles. The highest BCUT2D eigenvalue weighted by atomic mass is 79.9. The van der Waals surface area contributed by atoms with Crippen LogP contribution in [0.1, 0.15) is 17.4 Å². The van der Waals surface area contributed by atoms with Gasteiger partial charge in [0.05, 0.1) is 16.0 Å². The predicted octanol–water partition coefficient (Wildman–Crippen LogP) is 2.22. The molecule has 1 aromatic rings. The van der Waals surface area contributed by atoms with E-state index >= 15 is 0 Å². The first-order chi connectivity index (χ1) is 7.42. The molecule has 0 amide bonds. The first kappa shape index (κ1) is 13.8. The van der Waals surface area contributed by atoms with Crippen LogP contribution in [-0.2, 0) is 9.84 Å². The molecule has 0 aliphatic rings. The van der Waals surface area contributed by atoms with Crippen molar-refractivity contribution >= 4 is 47.5 Å². The number of carbonyl (C=O) groups excluding carboxylic acids is 1. The molecule has 0 saturated carbocycles. The summed E-state index contributed by atoms with van der Waals surface area (Å²) in [5, 5.41) is 0.0495. The zero-order valence-corrected chi connectivity index (χ0v) is 12.4. The molecule has 88 valence electrons. The molecule has 0 spiro atoms. The average Bonchev–Trinajstić information content (AvgIpc) is 2.28. The number of rotatable bonds is 4. The van der Waals surface area contributed by atoms with Crippen molar-refractivity contribution < 1.29 is 13.2 Å². The number of carbonyl (C=O) groups is 1. The van der Waals surface area contributed by atoms with Crippen molar-refractivity contribution in [3.63, 3.8) is 0 Å². The van der Waals surface area contributed by atoms with E-state index in [9.17, 15) is 13.2 Å². The molecule has 0 N–H and O–H groups in total. The van der Waals surface area contributed by atoms with Gasteiger partial charge >= 0.3 is 0 Å². The van der Waals surface area contributed by atoms with Crippen LogP contribution in [0, 0.1) is 0 Å². The molecule has 1 rings (SSSR count). The van der Waals surface area contributed by atoms with Gasteiger partial charge in [-0.25, -0.2) is 8.42 Å². The Balaban J connectivity index is 3.47. The van der Waals surface area contributed by atoms with Crippen molar-refractivity contribution in [1.29, 1.82) is 0 Å². The third-order valence-corrected chi connectivity index (χ3v) is 4.60. The van der Waals surface area contributed by atoms with Gasteiger partial charge in [-0.1, -0.05) is 22.9 Å². The molecule has 1 aromatic heterocycles. The Hall–Kier alpha value is -0.270. The van der Waals surface area contributed by atoms with Crippen LogP contribution in [-0.4, -0.2) is 30.3 Å². The smallest absolute Gasteiger partial charge is 0.193 e. The minimum atomic E-state index is -3.44. The van der Waals surface area contributed by atoms with E-state index in [0.29, 0.717) is 4.47 Å². The summed E-state index contributed by atoms with van der Waals surface area (Å²) >= 11 is 6.14. The molecule has 1 heterocycles. The van der Waals surface area contributed by atoms with Crippen molar-refractivity contribution in [3.8, 4) is 0 Å². The number of pyridine rings is 1. The van der Waals surface area contributed by atoms with Crippen LogP contribution in [0.4, 0.5) is 0 Å². The molecule has 0 saturated heterocycles. The zero-order valence-electron chi connectivity index (χ0n) is 8.41. The molecular formula is C9H9Br2NO3S. The standard InChI is InChI=1S/C9H9Br2NO3S/c1-2-16(14,15)8-3-6(11)5-12-9(8)7(13)4-10/h3,5H,2,4H2,1H3. The van der Waals surface area contributed by atoms with Crippen molar-refractivity contribution in [3.05, 3.63) is 22.4 Å². The van der Waals surface area contributed by atoms with Gasteiger partial charge in [0.15, 0.2) is 15.6 Å². The lowest BCUT2D eigenvalue weighted by molar-refractivity contribution is 0.101. The van der Waals surface area contributed by atoms with Gasteiger partial charge in [0.2, 0.25) is 0 Å². The van der Waals surface area contributed by atoms with E-state index < -0.39 is 9.84 Å². The first-order valence-electron chi connectivity index (χ1n) is 4.39. The number of ketones is 1. The Bertz CT molecular complexity index is 513. The van der Waals surface area contributed by atoms with E-state index in [0.717, 1.165) is 0 Å². The van der Waals surface area contributed by atoms with Gasteiger partial charge in [-0.05, 0) is 22.0 Å². The molecule has 16 heavy (non-hydrogen) atoms. The van der Waals surface area contributed by atoms with E-state index in [4.69, 9.17) is 0 Å². The maximum absolute atomic E-state index is 11.8. The highest BCUT2D eigenvalue weighted by Gasteiger charge is 2.22. The maximum Gasteiger partial charge on any atom is 0.193 e. The summed E-state index contributed by atoms with van der Waals surface area (Å²) in [5.74, 6) is -0.409.